The van der Waals surface area contributed by atoms with Crippen molar-refractivity contribution in [2.45, 2.75) is 25.4 Å². The van der Waals surface area contributed by atoms with Gasteiger partial charge < -0.3 is 18.9 Å². The number of nitrogens with zero attached hydrogens (tertiary/aromatic N) is 4. The van der Waals surface area contributed by atoms with Crippen LogP contribution < -0.4 is 9.64 Å². The van der Waals surface area contributed by atoms with Crippen LogP contribution in [0, 0.1) is 0 Å². The number of methoxy groups -OCH3 is 2. The summed E-state index contributed by atoms with van der Waals surface area (Å²) in [5.41, 5.74) is 1.14. The number of rotatable bonds is 9. The van der Waals surface area contributed by atoms with Gasteiger partial charge in [-0.1, -0.05) is 6.92 Å². The summed E-state index contributed by atoms with van der Waals surface area (Å²) in [6, 6.07) is 0.264. The highest BCUT2D eigenvalue weighted by molar-refractivity contribution is 7.91. The SMILES string of the molecule is CCCN(CC)c1nc(OC)nc2[nH]c([S+]([O-])CCOC)nc12. The van der Waals surface area contributed by atoms with Crippen molar-refractivity contribution < 1.29 is 14.0 Å². The molecule has 0 radical (unpaired) electrons. The standard InChI is InChI=1S/C14H23N5O3S/c1-5-7-19(6-2)12-10-11(16-13(18-12)22-4)17-14(15-10)23(20)9-8-21-3/h5-9H2,1-4H3,(H,15,16,17,18). The molecule has 1 N–H and O–H groups in total. The van der Waals surface area contributed by atoms with Gasteiger partial charge in [0.1, 0.15) is 5.75 Å². The van der Waals surface area contributed by atoms with Crippen molar-refractivity contribution >= 4 is 28.2 Å². The molecule has 128 valence electrons. The number of nitrogens with one attached hydrogen (secondary N) is 1. The number of anilines is 1. The molecule has 2 aromatic rings. The average molecular weight is 341 g/mol. The van der Waals surface area contributed by atoms with Crippen molar-refractivity contribution in [3.05, 3.63) is 0 Å². The van der Waals surface area contributed by atoms with Gasteiger partial charge >= 0.3 is 11.2 Å². The number of imidazole rings is 1. The molecule has 0 aliphatic carbocycles. The molecule has 2 rings (SSSR count). The van der Waals surface area contributed by atoms with E-state index in [2.05, 4.69) is 38.7 Å². The number of aromatic amines is 1. The first-order valence-corrected chi connectivity index (χ1v) is 8.90. The Labute approximate surface area is 138 Å². The molecule has 0 aliphatic rings. The highest BCUT2D eigenvalue weighted by Gasteiger charge is 2.22. The Balaban J connectivity index is 2.45. The largest absolute Gasteiger partial charge is 0.609 e. The number of fused-ring (bicyclic) bond motifs is 1. The fourth-order valence-corrected chi connectivity index (χ4v) is 3.12. The summed E-state index contributed by atoms with van der Waals surface area (Å²) in [7, 11) is 3.10. The Morgan fingerprint density at radius 2 is 2.00 bits per heavy atom. The first-order chi connectivity index (χ1) is 11.1. The highest BCUT2D eigenvalue weighted by atomic mass is 32.2. The minimum atomic E-state index is -1.27. The molecule has 0 fully saturated rings. The normalized spacial score (nSPS) is 12.6. The molecule has 2 heterocycles. The third-order valence-corrected chi connectivity index (χ3v) is 4.49. The fraction of sp³-hybridized carbons (Fsp3) is 0.643. The number of aromatic nitrogens is 4. The lowest BCUT2D eigenvalue weighted by Gasteiger charge is -2.21. The molecule has 0 bridgehead atoms. The lowest BCUT2D eigenvalue weighted by molar-refractivity contribution is 0.217. The number of ether oxygens (including phenoxy) is 2. The molecule has 2 aromatic heterocycles. The molecule has 1 atom stereocenters. The predicted octanol–water partition coefficient (Wildman–Crippen LogP) is 1.35. The second kappa shape index (κ2) is 8.32. The molecule has 0 aliphatic heterocycles. The first kappa shape index (κ1) is 17.8. The van der Waals surface area contributed by atoms with Gasteiger partial charge in [0.05, 0.1) is 13.7 Å². The lowest BCUT2D eigenvalue weighted by atomic mass is 10.3. The maximum absolute atomic E-state index is 12.2. The van der Waals surface area contributed by atoms with E-state index in [9.17, 15) is 4.55 Å². The van der Waals surface area contributed by atoms with E-state index in [1.807, 2.05) is 0 Å². The monoisotopic (exact) mass is 341 g/mol. The van der Waals surface area contributed by atoms with E-state index in [1.165, 1.54) is 7.11 Å². The Kier molecular flexibility index (Phi) is 6.43. The van der Waals surface area contributed by atoms with Gasteiger partial charge in [-0.3, -0.25) is 4.98 Å². The number of hydrogen-bond acceptors (Lipinski definition) is 7. The molecule has 0 aromatic carbocycles. The molecule has 0 saturated heterocycles. The van der Waals surface area contributed by atoms with Crippen LogP contribution in [-0.4, -0.2) is 64.2 Å². The van der Waals surface area contributed by atoms with E-state index in [4.69, 9.17) is 9.47 Å². The van der Waals surface area contributed by atoms with Crippen LogP contribution >= 0.6 is 0 Å². The van der Waals surface area contributed by atoms with Crippen LogP contribution in [0.5, 0.6) is 6.01 Å². The van der Waals surface area contributed by atoms with E-state index in [1.54, 1.807) is 7.11 Å². The second-order valence-corrected chi connectivity index (χ2v) is 6.38. The third kappa shape index (κ3) is 4.04. The molecule has 1 unspecified atom stereocenters. The minimum absolute atomic E-state index is 0.264. The van der Waals surface area contributed by atoms with Crippen molar-refractivity contribution in [1.82, 2.24) is 19.9 Å². The summed E-state index contributed by atoms with van der Waals surface area (Å²) >= 11 is -1.27. The Bertz CT molecular complexity index is 636. The van der Waals surface area contributed by atoms with Gasteiger partial charge in [-0.05, 0) is 13.3 Å². The van der Waals surface area contributed by atoms with Crippen molar-refractivity contribution in [2.24, 2.45) is 0 Å². The molecule has 8 nitrogen and oxygen atoms in total. The Morgan fingerprint density at radius 1 is 1.22 bits per heavy atom. The predicted molar refractivity (Wildman–Crippen MR) is 89.6 cm³/mol. The zero-order valence-electron chi connectivity index (χ0n) is 14.0. The van der Waals surface area contributed by atoms with Crippen LogP contribution in [0.15, 0.2) is 5.16 Å². The zero-order chi connectivity index (χ0) is 16.8. The van der Waals surface area contributed by atoms with Crippen LogP contribution in [-0.2, 0) is 15.9 Å². The van der Waals surface area contributed by atoms with Crippen LogP contribution in [0.25, 0.3) is 11.2 Å². The van der Waals surface area contributed by atoms with Crippen molar-refractivity contribution in [2.75, 3.05) is 44.6 Å². The summed E-state index contributed by atoms with van der Waals surface area (Å²) in [5.74, 6) is 1.07. The van der Waals surface area contributed by atoms with E-state index >= 15 is 0 Å². The van der Waals surface area contributed by atoms with Crippen LogP contribution in [0.1, 0.15) is 20.3 Å². The first-order valence-electron chi connectivity index (χ1n) is 7.58. The third-order valence-electron chi connectivity index (χ3n) is 3.33. The van der Waals surface area contributed by atoms with Crippen LogP contribution in [0.3, 0.4) is 0 Å². The van der Waals surface area contributed by atoms with E-state index in [-0.39, 0.29) is 6.01 Å². The zero-order valence-corrected chi connectivity index (χ0v) is 14.8. The summed E-state index contributed by atoms with van der Waals surface area (Å²) in [4.78, 5) is 18.3. The van der Waals surface area contributed by atoms with E-state index in [0.29, 0.717) is 34.5 Å². The van der Waals surface area contributed by atoms with Crippen LogP contribution in [0.4, 0.5) is 5.82 Å². The molecule has 0 amide bonds. The Hall–Kier alpha value is -1.58. The quantitative estimate of drug-likeness (QED) is 0.687. The van der Waals surface area contributed by atoms with Gasteiger partial charge in [-0.25, -0.2) is 0 Å². The van der Waals surface area contributed by atoms with Crippen molar-refractivity contribution in [3.8, 4) is 6.01 Å². The summed E-state index contributed by atoms with van der Waals surface area (Å²) in [5, 5.41) is 0.383. The maximum atomic E-state index is 12.2. The van der Waals surface area contributed by atoms with Gasteiger partial charge in [0, 0.05) is 31.4 Å². The van der Waals surface area contributed by atoms with E-state index < -0.39 is 11.2 Å². The molecule has 0 saturated carbocycles. The fourth-order valence-electron chi connectivity index (χ4n) is 2.20. The summed E-state index contributed by atoms with van der Waals surface area (Å²) < 4.78 is 22.4. The lowest BCUT2D eigenvalue weighted by Crippen LogP contribution is -2.25. The van der Waals surface area contributed by atoms with Gasteiger partial charge in [-0.15, -0.1) is 0 Å². The van der Waals surface area contributed by atoms with E-state index in [0.717, 1.165) is 19.5 Å². The molecule has 0 spiro atoms. The summed E-state index contributed by atoms with van der Waals surface area (Å²) in [6.07, 6.45) is 0.985. The Morgan fingerprint density at radius 3 is 2.61 bits per heavy atom. The molecular weight excluding hydrogens is 318 g/mol. The molecule has 23 heavy (non-hydrogen) atoms. The minimum Gasteiger partial charge on any atom is -0.609 e. The van der Waals surface area contributed by atoms with Gasteiger partial charge in [0.2, 0.25) is 0 Å². The van der Waals surface area contributed by atoms with Gasteiger partial charge in [0.25, 0.3) is 0 Å². The maximum Gasteiger partial charge on any atom is 0.323 e. The van der Waals surface area contributed by atoms with Crippen molar-refractivity contribution in [3.63, 3.8) is 0 Å². The highest BCUT2D eigenvalue weighted by Crippen LogP contribution is 2.26. The van der Waals surface area contributed by atoms with Gasteiger partial charge in [0.15, 0.2) is 17.0 Å². The molecule has 9 heteroatoms. The van der Waals surface area contributed by atoms with Gasteiger partial charge in [-0.2, -0.15) is 15.0 Å². The van der Waals surface area contributed by atoms with Crippen LogP contribution in [0.2, 0.25) is 0 Å². The topological polar surface area (TPSA) is 99.2 Å². The second-order valence-electron chi connectivity index (χ2n) is 4.90. The smallest absolute Gasteiger partial charge is 0.323 e. The van der Waals surface area contributed by atoms with Crippen molar-refractivity contribution in [1.29, 1.82) is 0 Å². The summed E-state index contributed by atoms with van der Waals surface area (Å²) in [6.45, 7) is 6.20. The number of hydrogen-bond donors (Lipinski definition) is 1. The molecular formula is C14H23N5O3S. The average Bonchev–Trinajstić information content (AvgIpc) is 3.00. The number of H-pyrrole nitrogens is 1.